The predicted molar refractivity (Wildman–Crippen MR) is 83.2 cm³/mol. The lowest BCUT2D eigenvalue weighted by molar-refractivity contribution is -0.132. The highest BCUT2D eigenvalue weighted by Crippen LogP contribution is 2.46. The Bertz CT molecular complexity index is 638. The molecular formula is C17H21NO4. The minimum absolute atomic E-state index is 0.108. The summed E-state index contributed by atoms with van der Waals surface area (Å²) in [6.45, 7) is 4.58. The summed E-state index contributed by atoms with van der Waals surface area (Å²) in [7, 11) is 3.27. The molecule has 0 fully saturated rings. The van der Waals surface area contributed by atoms with Gasteiger partial charge in [-0.25, -0.2) is 0 Å². The van der Waals surface area contributed by atoms with Crippen molar-refractivity contribution in [3.63, 3.8) is 0 Å². The topological polar surface area (TPSA) is 63.7 Å². The zero-order valence-electron chi connectivity index (χ0n) is 13.6. The average molecular weight is 303 g/mol. The third kappa shape index (κ3) is 2.40. The van der Waals surface area contributed by atoms with Gasteiger partial charge in [0, 0.05) is 12.7 Å². The minimum atomic E-state index is -0.902. The zero-order chi connectivity index (χ0) is 16.7. The number of Topliss-reactive ketones (excluding diaryl/α,β-unsaturated/α-hetero) is 2. The molecule has 1 heterocycles. The van der Waals surface area contributed by atoms with Gasteiger partial charge in [-0.05, 0) is 51.0 Å². The molecule has 1 aromatic carbocycles. The molecule has 0 aromatic heterocycles. The molecule has 5 nitrogen and oxygen atoms in total. The Labute approximate surface area is 130 Å². The van der Waals surface area contributed by atoms with Crippen molar-refractivity contribution in [1.29, 1.82) is 0 Å². The highest BCUT2D eigenvalue weighted by molar-refractivity contribution is 6.09. The van der Waals surface area contributed by atoms with Crippen LogP contribution in [0.4, 0.5) is 5.69 Å². The van der Waals surface area contributed by atoms with Gasteiger partial charge in [-0.1, -0.05) is 0 Å². The molecule has 1 atom stereocenters. The van der Waals surface area contributed by atoms with Gasteiger partial charge in [0.2, 0.25) is 5.91 Å². The molecule has 0 radical (unpaired) electrons. The van der Waals surface area contributed by atoms with Crippen molar-refractivity contribution in [1.82, 2.24) is 0 Å². The summed E-state index contributed by atoms with van der Waals surface area (Å²) in [5.41, 5.74) is 0.687. The molecule has 0 saturated heterocycles. The first kappa shape index (κ1) is 16.2. The number of carbonyl (C=O) groups excluding carboxylic acids is 3. The van der Waals surface area contributed by atoms with E-state index in [1.165, 1.54) is 13.8 Å². The fourth-order valence-electron chi connectivity index (χ4n) is 3.15. The van der Waals surface area contributed by atoms with E-state index in [1.54, 1.807) is 32.0 Å². The maximum Gasteiger partial charge on any atom is 0.237 e. The lowest BCUT2D eigenvalue weighted by atomic mass is 9.74. The molecule has 2 rings (SSSR count). The number of hydrogen-bond acceptors (Lipinski definition) is 4. The minimum Gasteiger partial charge on any atom is -0.497 e. The van der Waals surface area contributed by atoms with Gasteiger partial charge in [-0.3, -0.25) is 14.4 Å². The van der Waals surface area contributed by atoms with Crippen molar-refractivity contribution in [3.8, 4) is 5.75 Å². The normalized spacial score (nSPS) is 20.3. The molecule has 22 heavy (non-hydrogen) atoms. The van der Waals surface area contributed by atoms with Crippen molar-refractivity contribution < 1.29 is 19.1 Å². The van der Waals surface area contributed by atoms with Crippen molar-refractivity contribution in [3.05, 3.63) is 23.8 Å². The molecular weight excluding hydrogens is 282 g/mol. The van der Waals surface area contributed by atoms with Crippen LogP contribution in [-0.4, -0.2) is 31.6 Å². The van der Waals surface area contributed by atoms with E-state index >= 15 is 0 Å². The molecule has 118 valence electrons. The Morgan fingerprint density at radius 3 is 2.36 bits per heavy atom. The van der Waals surface area contributed by atoms with Crippen molar-refractivity contribution >= 4 is 23.2 Å². The second kappa shape index (κ2) is 5.55. The zero-order valence-corrected chi connectivity index (χ0v) is 13.6. The van der Waals surface area contributed by atoms with Gasteiger partial charge in [-0.2, -0.15) is 0 Å². The number of ether oxygens (including phenoxy) is 1. The highest BCUT2D eigenvalue weighted by Gasteiger charge is 2.48. The monoisotopic (exact) mass is 303 g/mol. The Hall–Kier alpha value is -2.17. The number of likely N-dealkylation sites (N-methyl/N-ethyl adjacent to an activating group) is 1. The third-order valence-corrected chi connectivity index (χ3v) is 4.53. The number of methoxy groups -OCH3 is 1. The quantitative estimate of drug-likeness (QED) is 0.782. The number of anilines is 1. The fourth-order valence-corrected chi connectivity index (χ4v) is 3.15. The summed E-state index contributed by atoms with van der Waals surface area (Å²) in [6, 6.07) is 5.43. The van der Waals surface area contributed by atoms with Gasteiger partial charge in [0.05, 0.1) is 18.4 Å². The van der Waals surface area contributed by atoms with Gasteiger partial charge in [0.25, 0.3) is 0 Å². The van der Waals surface area contributed by atoms with Crippen molar-refractivity contribution in [2.24, 2.45) is 5.92 Å². The lowest BCUT2D eigenvalue weighted by Gasteiger charge is -2.26. The summed E-state index contributed by atoms with van der Waals surface area (Å²) in [6.07, 6.45) is 0.182. The van der Waals surface area contributed by atoms with Crippen LogP contribution in [0.1, 0.15) is 32.8 Å². The van der Waals surface area contributed by atoms with Gasteiger partial charge < -0.3 is 9.64 Å². The molecule has 5 heteroatoms. The maximum absolute atomic E-state index is 12.7. The Morgan fingerprint density at radius 1 is 1.27 bits per heavy atom. The van der Waals surface area contributed by atoms with Crippen LogP contribution in [0.5, 0.6) is 5.75 Å². The van der Waals surface area contributed by atoms with Crippen LogP contribution in [0.2, 0.25) is 0 Å². The summed E-state index contributed by atoms with van der Waals surface area (Å²) in [4.78, 5) is 37.8. The SMILES string of the molecule is COc1ccc2c(c1)[C@](C)(CC(C(C)=O)C(C)=O)C(=O)N2C. The molecule has 1 aliphatic rings. The Morgan fingerprint density at radius 2 is 1.86 bits per heavy atom. The lowest BCUT2D eigenvalue weighted by Crippen LogP contribution is -2.40. The highest BCUT2D eigenvalue weighted by atomic mass is 16.5. The number of benzene rings is 1. The molecule has 1 aromatic rings. The van der Waals surface area contributed by atoms with Crippen LogP contribution in [0.15, 0.2) is 18.2 Å². The molecule has 1 amide bonds. The van der Waals surface area contributed by atoms with Crippen molar-refractivity contribution in [2.75, 3.05) is 19.1 Å². The van der Waals surface area contributed by atoms with Crippen LogP contribution < -0.4 is 9.64 Å². The van der Waals surface area contributed by atoms with Gasteiger partial charge in [0.1, 0.15) is 17.3 Å². The number of ketones is 2. The number of hydrogen-bond donors (Lipinski definition) is 0. The molecule has 0 aliphatic carbocycles. The molecule has 1 aliphatic heterocycles. The first-order valence-electron chi connectivity index (χ1n) is 7.20. The van der Waals surface area contributed by atoms with Crippen molar-refractivity contribution in [2.45, 2.75) is 32.6 Å². The van der Waals surface area contributed by atoms with E-state index in [4.69, 9.17) is 4.74 Å². The number of amides is 1. The summed E-state index contributed by atoms with van der Waals surface area (Å²) < 4.78 is 5.24. The van der Waals surface area contributed by atoms with E-state index in [2.05, 4.69) is 0 Å². The van der Waals surface area contributed by atoms with E-state index in [1.807, 2.05) is 12.1 Å². The molecule has 0 bridgehead atoms. The summed E-state index contributed by atoms with van der Waals surface area (Å²) in [5, 5.41) is 0. The summed E-state index contributed by atoms with van der Waals surface area (Å²) in [5.74, 6) is -0.640. The first-order valence-corrected chi connectivity index (χ1v) is 7.20. The van der Waals surface area contributed by atoms with E-state index in [-0.39, 0.29) is 23.9 Å². The van der Waals surface area contributed by atoms with Gasteiger partial charge >= 0.3 is 0 Å². The van der Waals surface area contributed by atoms with Crippen LogP contribution in [0, 0.1) is 5.92 Å². The van der Waals surface area contributed by atoms with E-state index in [0.717, 1.165) is 11.3 Å². The molecule has 0 spiro atoms. The fraction of sp³-hybridized carbons (Fsp3) is 0.471. The second-order valence-electron chi connectivity index (χ2n) is 6.06. The first-order chi connectivity index (χ1) is 10.2. The Balaban J connectivity index is 2.52. The maximum atomic E-state index is 12.7. The standard InChI is InChI=1S/C17H21NO4/c1-10(19)13(11(2)20)9-17(3)14-8-12(22-5)6-7-15(14)18(4)16(17)21/h6-8,13H,9H2,1-5H3/t17-/m0/s1. The molecule has 0 saturated carbocycles. The van der Waals surface area contributed by atoms with Crippen LogP contribution >= 0.6 is 0 Å². The largest absolute Gasteiger partial charge is 0.497 e. The van der Waals surface area contributed by atoms with E-state index in [0.29, 0.717) is 5.75 Å². The van der Waals surface area contributed by atoms with Crippen LogP contribution in [-0.2, 0) is 19.8 Å². The second-order valence-corrected chi connectivity index (χ2v) is 6.06. The summed E-state index contributed by atoms with van der Waals surface area (Å²) >= 11 is 0. The van der Waals surface area contributed by atoms with E-state index in [9.17, 15) is 14.4 Å². The molecule has 0 N–H and O–H groups in total. The number of rotatable bonds is 5. The number of carbonyl (C=O) groups is 3. The van der Waals surface area contributed by atoms with Crippen LogP contribution in [0.25, 0.3) is 0 Å². The third-order valence-electron chi connectivity index (χ3n) is 4.53. The smallest absolute Gasteiger partial charge is 0.237 e. The Kier molecular flexibility index (Phi) is 4.09. The van der Waals surface area contributed by atoms with Crippen LogP contribution in [0.3, 0.4) is 0 Å². The van der Waals surface area contributed by atoms with Gasteiger partial charge in [-0.15, -0.1) is 0 Å². The predicted octanol–water partition coefficient (Wildman–Crippen LogP) is 2.11. The van der Waals surface area contributed by atoms with E-state index < -0.39 is 11.3 Å². The molecule has 0 unspecified atom stereocenters. The average Bonchev–Trinajstić information content (AvgIpc) is 2.66. The number of nitrogens with zero attached hydrogens (tertiary/aromatic N) is 1. The van der Waals surface area contributed by atoms with Gasteiger partial charge in [0.15, 0.2) is 0 Å². The number of fused-ring (bicyclic) bond motifs is 1.